The quantitative estimate of drug-likeness (QED) is 0.344. The third kappa shape index (κ3) is 3.85. The molecule has 1 aromatic rings. The molecule has 2 rings (SSSR count). The monoisotopic (exact) mass is 375 g/mol. The topological polar surface area (TPSA) is 157 Å². The highest BCUT2D eigenvalue weighted by atomic mass is 19.1. The minimum absolute atomic E-state index is 0.00149. The lowest BCUT2D eigenvalue weighted by Crippen LogP contribution is -2.39. The molecule has 0 radical (unpaired) electrons. The van der Waals surface area contributed by atoms with Gasteiger partial charge >= 0.3 is 11.7 Å². The third-order valence-corrected chi connectivity index (χ3v) is 4.04. The van der Waals surface area contributed by atoms with Crippen LogP contribution in [0.3, 0.4) is 0 Å². The van der Waals surface area contributed by atoms with Crippen LogP contribution in [0.4, 0.5) is 10.2 Å². The van der Waals surface area contributed by atoms with Crippen LogP contribution in [-0.4, -0.2) is 62.4 Å². The number of ether oxygens (including phenoxy) is 2. The average molecular weight is 375 g/mol. The molecule has 10 nitrogen and oxygen atoms in total. The number of carbonyl (C=O) groups is 1. The summed E-state index contributed by atoms with van der Waals surface area (Å²) in [7, 11) is 0. The van der Waals surface area contributed by atoms with Crippen LogP contribution in [0.5, 0.6) is 0 Å². The van der Waals surface area contributed by atoms with Crippen LogP contribution in [0.15, 0.2) is 4.79 Å². The highest BCUT2D eigenvalue weighted by Crippen LogP contribution is 2.30. The lowest BCUT2D eigenvalue weighted by atomic mass is 10.1. The van der Waals surface area contributed by atoms with Crippen molar-refractivity contribution in [3.8, 4) is 0 Å². The van der Waals surface area contributed by atoms with E-state index in [-0.39, 0.29) is 6.61 Å². The summed E-state index contributed by atoms with van der Waals surface area (Å²) in [6.45, 7) is 1.29. The maximum absolute atomic E-state index is 14.4. The van der Waals surface area contributed by atoms with Crippen molar-refractivity contribution >= 4 is 11.8 Å². The van der Waals surface area contributed by atoms with E-state index in [2.05, 4.69) is 4.98 Å². The number of hydrogen-bond acceptors (Lipinski definition) is 9. The van der Waals surface area contributed by atoms with Gasteiger partial charge in [0, 0.05) is 0 Å². The molecule has 0 amide bonds. The highest BCUT2D eigenvalue weighted by Gasteiger charge is 2.45. The molecule has 0 aromatic carbocycles. The van der Waals surface area contributed by atoms with E-state index in [1.165, 1.54) is 0 Å². The Morgan fingerprint density at radius 2 is 2.08 bits per heavy atom. The van der Waals surface area contributed by atoms with Crippen LogP contribution in [-0.2, 0) is 9.47 Å². The summed E-state index contributed by atoms with van der Waals surface area (Å²) in [5.74, 6) is -3.29. The number of aromatic nitrogens is 2. The Bertz CT molecular complexity index is 711. The number of aliphatic hydroxyl groups is 3. The number of aliphatic hydroxyl groups excluding tert-OH is 3. The van der Waals surface area contributed by atoms with E-state index < -0.39 is 60.1 Å². The van der Waals surface area contributed by atoms with E-state index in [1.54, 1.807) is 0 Å². The number of nitrogens with zero attached hydrogens (tertiary/aromatic N) is 2. The van der Waals surface area contributed by atoms with Gasteiger partial charge in [-0.25, -0.2) is 14.0 Å². The zero-order valence-electron chi connectivity index (χ0n) is 14.2. The smallest absolute Gasteiger partial charge is 0.358 e. The standard InChI is InChI=1S/C15H22FN3O7/c1-2-3-4-5-25-14(23)9-8(16)12(17)18-15(24)19(9)13-11(22)10(21)7(6-20)26-13/h7,10-11,13,20-22H,2-6H2,1H3,(H2,17,18,24)/t7-,10-,11-,13?/m1/s1. The van der Waals surface area contributed by atoms with Gasteiger partial charge in [-0.05, 0) is 6.42 Å². The van der Waals surface area contributed by atoms with Crippen molar-refractivity contribution < 1.29 is 34.0 Å². The third-order valence-electron chi connectivity index (χ3n) is 4.04. The normalized spacial score (nSPS) is 25.4. The van der Waals surface area contributed by atoms with Crippen LogP contribution < -0.4 is 11.4 Å². The summed E-state index contributed by atoms with van der Waals surface area (Å²) in [4.78, 5) is 27.7. The molecule has 4 atom stereocenters. The molecule has 1 aliphatic rings. The number of unbranched alkanes of at least 4 members (excludes halogenated alkanes) is 2. The first-order chi connectivity index (χ1) is 12.3. The zero-order valence-corrected chi connectivity index (χ0v) is 14.2. The molecule has 26 heavy (non-hydrogen) atoms. The van der Waals surface area contributed by atoms with E-state index in [0.29, 0.717) is 11.0 Å². The van der Waals surface area contributed by atoms with Gasteiger partial charge in [0.2, 0.25) is 0 Å². The van der Waals surface area contributed by atoms with Crippen LogP contribution in [0, 0.1) is 5.82 Å². The van der Waals surface area contributed by atoms with Gasteiger partial charge in [-0.3, -0.25) is 4.57 Å². The van der Waals surface area contributed by atoms with Crippen molar-refractivity contribution in [1.29, 1.82) is 0 Å². The number of nitrogen functional groups attached to an aromatic ring is 1. The fraction of sp³-hybridized carbons (Fsp3) is 0.667. The molecule has 5 N–H and O–H groups in total. The fourth-order valence-electron chi connectivity index (χ4n) is 2.63. The van der Waals surface area contributed by atoms with E-state index in [9.17, 15) is 24.2 Å². The summed E-state index contributed by atoms with van der Waals surface area (Å²) in [5, 5.41) is 29.0. The predicted octanol–water partition coefficient (Wildman–Crippen LogP) is -1.08. The van der Waals surface area contributed by atoms with Crippen molar-refractivity contribution in [2.45, 2.75) is 50.7 Å². The summed E-state index contributed by atoms with van der Waals surface area (Å²) < 4.78 is 25.0. The molecule has 0 aliphatic carbocycles. The minimum Gasteiger partial charge on any atom is -0.461 e. The molecule has 1 unspecified atom stereocenters. The van der Waals surface area contributed by atoms with E-state index in [0.717, 1.165) is 12.8 Å². The van der Waals surface area contributed by atoms with Gasteiger partial charge in [-0.15, -0.1) is 0 Å². The lowest BCUT2D eigenvalue weighted by molar-refractivity contribution is -0.0569. The van der Waals surface area contributed by atoms with Crippen molar-refractivity contribution in [2.75, 3.05) is 18.9 Å². The van der Waals surface area contributed by atoms with Crippen LogP contribution >= 0.6 is 0 Å². The fourth-order valence-corrected chi connectivity index (χ4v) is 2.63. The number of hydrogen-bond donors (Lipinski definition) is 4. The molecule has 11 heteroatoms. The Hall–Kier alpha value is -2.08. The van der Waals surface area contributed by atoms with Gasteiger partial charge in [-0.1, -0.05) is 19.8 Å². The zero-order chi connectivity index (χ0) is 19.4. The molecule has 1 aromatic heterocycles. The molecule has 1 aliphatic heterocycles. The molecule has 1 saturated heterocycles. The van der Waals surface area contributed by atoms with Crippen molar-refractivity contribution in [3.05, 3.63) is 22.0 Å². The molecular formula is C15H22FN3O7. The number of rotatable bonds is 7. The lowest BCUT2D eigenvalue weighted by Gasteiger charge is -2.21. The first kappa shape index (κ1) is 20.2. The number of nitrogens with two attached hydrogens (primary N) is 1. The number of anilines is 1. The average Bonchev–Trinajstić information content (AvgIpc) is 2.89. The van der Waals surface area contributed by atoms with Gasteiger partial charge in [0.1, 0.15) is 18.3 Å². The second-order valence-electron chi connectivity index (χ2n) is 5.88. The summed E-state index contributed by atoms with van der Waals surface area (Å²) in [6, 6.07) is 0. The first-order valence-electron chi connectivity index (χ1n) is 8.20. The Balaban J connectivity index is 2.41. The minimum atomic E-state index is -1.71. The SMILES string of the molecule is CCCCCOC(=O)c1c(F)c(N)nc(=O)n1C1O[C@H](CO)[C@@H](O)[C@H]1O. The molecule has 2 heterocycles. The largest absolute Gasteiger partial charge is 0.461 e. The maximum Gasteiger partial charge on any atom is 0.358 e. The van der Waals surface area contributed by atoms with Gasteiger partial charge in [-0.2, -0.15) is 4.98 Å². The van der Waals surface area contributed by atoms with Crippen molar-refractivity contribution in [2.24, 2.45) is 0 Å². The van der Waals surface area contributed by atoms with E-state index in [4.69, 9.17) is 20.3 Å². The van der Waals surface area contributed by atoms with Gasteiger partial charge in [0.15, 0.2) is 23.6 Å². The highest BCUT2D eigenvalue weighted by molar-refractivity contribution is 5.88. The van der Waals surface area contributed by atoms with Crippen LogP contribution in [0.1, 0.15) is 42.9 Å². The summed E-state index contributed by atoms with van der Waals surface area (Å²) in [6.07, 6.45) is -3.92. The van der Waals surface area contributed by atoms with E-state index >= 15 is 0 Å². The molecule has 0 saturated carbocycles. The van der Waals surface area contributed by atoms with Gasteiger partial charge in [0.25, 0.3) is 0 Å². The summed E-state index contributed by atoms with van der Waals surface area (Å²) >= 11 is 0. The van der Waals surface area contributed by atoms with Crippen LogP contribution in [0.25, 0.3) is 0 Å². The second-order valence-corrected chi connectivity index (χ2v) is 5.88. The summed E-state index contributed by atoms with van der Waals surface area (Å²) in [5.41, 5.74) is 3.28. The van der Waals surface area contributed by atoms with E-state index in [1.807, 2.05) is 6.92 Å². The Morgan fingerprint density at radius 1 is 1.38 bits per heavy atom. The second kappa shape index (κ2) is 8.54. The number of carbonyl (C=O) groups excluding carboxylic acids is 1. The molecule has 0 bridgehead atoms. The van der Waals surface area contributed by atoms with Gasteiger partial charge < -0.3 is 30.5 Å². The Kier molecular flexibility index (Phi) is 6.64. The predicted molar refractivity (Wildman–Crippen MR) is 85.7 cm³/mol. The molecule has 146 valence electrons. The molecule has 0 spiro atoms. The number of halogens is 1. The number of esters is 1. The van der Waals surface area contributed by atoms with Gasteiger partial charge in [0.05, 0.1) is 13.2 Å². The first-order valence-corrected chi connectivity index (χ1v) is 8.20. The Labute approximate surface area is 148 Å². The maximum atomic E-state index is 14.4. The van der Waals surface area contributed by atoms with Crippen molar-refractivity contribution in [3.63, 3.8) is 0 Å². The Morgan fingerprint density at radius 3 is 2.65 bits per heavy atom. The molecule has 1 fully saturated rings. The van der Waals surface area contributed by atoms with Crippen LogP contribution in [0.2, 0.25) is 0 Å². The molecular weight excluding hydrogens is 353 g/mol. The van der Waals surface area contributed by atoms with Crippen molar-refractivity contribution in [1.82, 2.24) is 9.55 Å².